The third-order valence-electron chi connectivity index (χ3n) is 6.02. The number of benzene rings is 1. The highest BCUT2D eigenvalue weighted by atomic mass is 16.5. The second kappa shape index (κ2) is 11.5. The molecule has 1 fully saturated rings. The number of aliphatic hydroxyl groups excluding tert-OH is 1. The molecule has 0 unspecified atom stereocenters. The van der Waals surface area contributed by atoms with Crippen LogP contribution in [0.15, 0.2) is 29.1 Å². The van der Waals surface area contributed by atoms with E-state index in [4.69, 9.17) is 4.74 Å². The highest BCUT2D eigenvalue weighted by molar-refractivity contribution is 5.79. The van der Waals surface area contributed by atoms with Gasteiger partial charge < -0.3 is 14.8 Å². The van der Waals surface area contributed by atoms with E-state index < -0.39 is 0 Å². The van der Waals surface area contributed by atoms with Crippen LogP contribution in [-0.4, -0.2) is 86.1 Å². The predicted octanol–water partition coefficient (Wildman–Crippen LogP) is 0.930. The number of aryl methyl sites for hydroxylation is 2. The monoisotopic (exact) mass is 455 g/mol. The van der Waals surface area contributed by atoms with E-state index in [0.717, 1.165) is 68.1 Å². The molecule has 0 radical (unpaired) electrons. The molecule has 4 rings (SSSR count). The number of aromatic amines is 1. The minimum Gasteiger partial charge on any atom is -0.396 e. The van der Waals surface area contributed by atoms with E-state index in [-0.39, 0.29) is 12.2 Å². The molecule has 3 aromatic rings. The van der Waals surface area contributed by atoms with Gasteiger partial charge in [-0.15, -0.1) is 5.10 Å². The summed E-state index contributed by atoms with van der Waals surface area (Å²) in [6, 6.07) is 7.95. The molecule has 1 saturated heterocycles. The lowest BCUT2D eigenvalue weighted by molar-refractivity contribution is 0.0367. The number of morpholine rings is 1. The third kappa shape index (κ3) is 6.44. The average molecular weight is 456 g/mol. The van der Waals surface area contributed by atoms with Crippen LogP contribution in [0.2, 0.25) is 0 Å². The quantitative estimate of drug-likeness (QED) is 0.439. The van der Waals surface area contributed by atoms with Crippen LogP contribution in [0.3, 0.4) is 0 Å². The number of tetrazole rings is 1. The van der Waals surface area contributed by atoms with Crippen molar-refractivity contribution in [2.24, 2.45) is 0 Å². The van der Waals surface area contributed by atoms with Crippen molar-refractivity contribution in [1.82, 2.24) is 35.0 Å². The first-order valence-electron chi connectivity index (χ1n) is 11.6. The summed E-state index contributed by atoms with van der Waals surface area (Å²) in [6.07, 6.45) is 1.57. The third-order valence-corrected chi connectivity index (χ3v) is 6.02. The van der Waals surface area contributed by atoms with Crippen LogP contribution >= 0.6 is 0 Å². The number of rotatable bonds is 11. The van der Waals surface area contributed by atoms with Crippen molar-refractivity contribution in [3.8, 4) is 0 Å². The summed E-state index contributed by atoms with van der Waals surface area (Å²) in [5.74, 6) is 0.767. The van der Waals surface area contributed by atoms with Crippen LogP contribution in [0, 0.1) is 6.92 Å². The lowest BCUT2D eigenvalue weighted by atomic mass is 10.1. The summed E-state index contributed by atoms with van der Waals surface area (Å²) in [7, 11) is 0. The maximum Gasteiger partial charge on any atom is 0.252 e. The zero-order valence-electron chi connectivity index (χ0n) is 19.2. The first kappa shape index (κ1) is 23.5. The summed E-state index contributed by atoms with van der Waals surface area (Å²) < 4.78 is 7.25. The van der Waals surface area contributed by atoms with E-state index in [9.17, 15) is 9.90 Å². The molecule has 1 aromatic carbocycles. The Labute approximate surface area is 193 Å². The summed E-state index contributed by atoms with van der Waals surface area (Å²) in [5, 5.41) is 22.7. The van der Waals surface area contributed by atoms with E-state index in [1.807, 2.05) is 29.8 Å². The molecular formula is C23H33N7O3. The van der Waals surface area contributed by atoms with Gasteiger partial charge in [0.1, 0.15) is 0 Å². The molecule has 0 atom stereocenters. The van der Waals surface area contributed by atoms with Gasteiger partial charge in [0.2, 0.25) is 0 Å². The van der Waals surface area contributed by atoms with E-state index in [0.29, 0.717) is 31.6 Å². The minimum absolute atomic E-state index is 0.0915. The maximum atomic E-state index is 12.7. The largest absolute Gasteiger partial charge is 0.396 e. The van der Waals surface area contributed by atoms with Crippen molar-refractivity contribution in [2.75, 3.05) is 46.0 Å². The number of pyridine rings is 1. The van der Waals surface area contributed by atoms with Gasteiger partial charge in [0.25, 0.3) is 5.56 Å². The molecule has 0 aliphatic carbocycles. The molecule has 2 N–H and O–H groups in total. The number of ether oxygens (including phenoxy) is 1. The Hall–Kier alpha value is -2.66. The molecule has 0 bridgehead atoms. The molecule has 0 amide bonds. The van der Waals surface area contributed by atoms with E-state index in [1.165, 1.54) is 0 Å². The molecule has 1 aliphatic heterocycles. The number of aromatic nitrogens is 5. The molecule has 0 spiro atoms. The van der Waals surface area contributed by atoms with Crippen LogP contribution in [0.4, 0.5) is 0 Å². The normalized spacial score (nSPS) is 15.0. The van der Waals surface area contributed by atoms with Gasteiger partial charge in [-0.2, -0.15) is 0 Å². The Morgan fingerprint density at radius 1 is 1.15 bits per heavy atom. The van der Waals surface area contributed by atoms with Crippen LogP contribution < -0.4 is 5.56 Å². The molecule has 0 saturated carbocycles. The van der Waals surface area contributed by atoms with Crippen LogP contribution in [0.1, 0.15) is 29.8 Å². The van der Waals surface area contributed by atoms with Gasteiger partial charge in [-0.1, -0.05) is 11.6 Å². The number of fused-ring (bicyclic) bond motifs is 1. The minimum atomic E-state index is -0.0922. The Kier molecular flexibility index (Phi) is 8.16. The fraction of sp³-hybridized carbons (Fsp3) is 0.565. The van der Waals surface area contributed by atoms with Crippen molar-refractivity contribution >= 4 is 10.9 Å². The summed E-state index contributed by atoms with van der Waals surface area (Å²) >= 11 is 0. The van der Waals surface area contributed by atoms with E-state index >= 15 is 0 Å². The molecule has 10 heteroatoms. The molecule has 33 heavy (non-hydrogen) atoms. The number of nitrogens with zero attached hydrogens (tertiary/aromatic N) is 6. The summed E-state index contributed by atoms with van der Waals surface area (Å²) in [6.45, 7) is 9.00. The van der Waals surface area contributed by atoms with Gasteiger partial charge in [-0.3, -0.25) is 14.6 Å². The predicted molar refractivity (Wildman–Crippen MR) is 125 cm³/mol. The van der Waals surface area contributed by atoms with Gasteiger partial charge in [0.05, 0.1) is 19.8 Å². The second-order valence-electron chi connectivity index (χ2n) is 8.63. The van der Waals surface area contributed by atoms with Gasteiger partial charge in [0.15, 0.2) is 5.82 Å². The van der Waals surface area contributed by atoms with Gasteiger partial charge in [-0.25, -0.2) is 4.68 Å². The highest BCUT2D eigenvalue weighted by Gasteiger charge is 2.16. The number of hydrogen-bond donors (Lipinski definition) is 2. The van der Waals surface area contributed by atoms with Gasteiger partial charge in [0, 0.05) is 57.0 Å². The molecule has 2 aromatic heterocycles. The molecule has 10 nitrogen and oxygen atoms in total. The average Bonchev–Trinajstić information content (AvgIpc) is 3.25. The van der Waals surface area contributed by atoms with Crippen molar-refractivity contribution < 1.29 is 9.84 Å². The Bertz CT molecular complexity index is 1090. The number of H-pyrrole nitrogens is 1. The zero-order valence-corrected chi connectivity index (χ0v) is 19.2. The fourth-order valence-corrected chi connectivity index (χ4v) is 4.22. The smallest absolute Gasteiger partial charge is 0.252 e. The Morgan fingerprint density at radius 3 is 2.82 bits per heavy atom. The SMILES string of the molecule is Cc1ccc2[nH]c(=O)c(CN(CCCO)Cc3nnnn3CCCN3CCOCC3)cc2c1. The van der Waals surface area contributed by atoms with Crippen LogP contribution in [-0.2, 0) is 24.4 Å². The molecule has 1 aliphatic rings. The van der Waals surface area contributed by atoms with Gasteiger partial charge in [-0.05, 0) is 53.8 Å². The number of hydrogen-bond acceptors (Lipinski definition) is 8. The van der Waals surface area contributed by atoms with E-state index in [2.05, 4.69) is 36.4 Å². The molecule has 178 valence electrons. The Balaban J connectivity index is 1.43. The lowest BCUT2D eigenvalue weighted by Gasteiger charge is -2.26. The van der Waals surface area contributed by atoms with Gasteiger partial charge >= 0.3 is 0 Å². The maximum absolute atomic E-state index is 12.7. The number of aliphatic hydroxyl groups is 1. The molecular weight excluding hydrogens is 422 g/mol. The summed E-state index contributed by atoms with van der Waals surface area (Å²) in [4.78, 5) is 20.2. The first-order valence-corrected chi connectivity index (χ1v) is 11.6. The molecule has 3 heterocycles. The van der Waals surface area contributed by atoms with E-state index in [1.54, 1.807) is 0 Å². The zero-order chi connectivity index (χ0) is 23.0. The van der Waals surface area contributed by atoms with Crippen molar-refractivity contribution in [3.63, 3.8) is 0 Å². The van der Waals surface area contributed by atoms with Crippen molar-refractivity contribution in [2.45, 2.75) is 39.4 Å². The highest BCUT2D eigenvalue weighted by Crippen LogP contribution is 2.15. The second-order valence-corrected chi connectivity index (χ2v) is 8.63. The van der Waals surface area contributed by atoms with Crippen LogP contribution in [0.5, 0.6) is 0 Å². The Morgan fingerprint density at radius 2 is 2.00 bits per heavy atom. The fourth-order valence-electron chi connectivity index (χ4n) is 4.22. The first-order chi connectivity index (χ1) is 16.1. The standard InChI is InChI=1S/C23H33N7O3/c1-18-4-5-21-19(14-18)15-20(23(32)24-21)16-29(7-3-11-31)17-22-25-26-27-30(22)8-2-6-28-9-12-33-13-10-28/h4-5,14-15,31H,2-3,6-13,16-17H2,1H3,(H,24,32). The number of nitrogens with one attached hydrogen (secondary N) is 1. The topological polar surface area (TPSA) is 112 Å². The lowest BCUT2D eigenvalue weighted by Crippen LogP contribution is -2.37. The van der Waals surface area contributed by atoms with Crippen molar-refractivity contribution in [1.29, 1.82) is 0 Å². The summed E-state index contributed by atoms with van der Waals surface area (Å²) in [5.41, 5.74) is 2.58. The van der Waals surface area contributed by atoms with Crippen molar-refractivity contribution in [3.05, 3.63) is 51.6 Å². The van der Waals surface area contributed by atoms with Crippen LogP contribution in [0.25, 0.3) is 10.9 Å².